The van der Waals surface area contributed by atoms with Gasteiger partial charge in [0, 0.05) is 6.54 Å². The van der Waals surface area contributed by atoms with Crippen LogP contribution in [0.25, 0.3) is 0 Å². The van der Waals surface area contributed by atoms with E-state index in [9.17, 15) is 4.79 Å². The molecule has 0 spiro atoms. The van der Waals surface area contributed by atoms with Crippen LogP contribution in [0, 0.1) is 0 Å². The Bertz CT molecular complexity index is 306. The van der Waals surface area contributed by atoms with Crippen molar-refractivity contribution in [2.75, 3.05) is 0 Å². The third-order valence-corrected chi connectivity index (χ3v) is 2.37. The Hall–Kier alpha value is -1.35. The van der Waals surface area contributed by atoms with Crippen LogP contribution in [0.15, 0.2) is 24.3 Å². The van der Waals surface area contributed by atoms with Gasteiger partial charge in [0.15, 0.2) is 0 Å². The van der Waals surface area contributed by atoms with Crippen LogP contribution in [-0.2, 0) is 11.3 Å². The summed E-state index contributed by atoms with van der Waals surface area (Å²) in [6.45, 7) is 2.47. The van der Waals surface area contributed by atoms with E-state index in [1.165, 1.54) is 0 Å². The van der Waals surface area contributed by atoms with Gasteiger partial charge in [0.05, 0.1) is 5.92 Å². The summed E-state index contributed by atoms with van der Waals surface area (Å²) in [4.78, 5) is 11.1. The molecule has 1 rings (SSSR count). The van der Waals surface area contributed by atoms with Gasteiger partial charge in [-0.3, -0.25) is 4.79 Å². The summed E-state index contributed by atoms with van der Waals surface area (Å²) in [6, 6.07) is 7.70. The Balaban J connectivity index is 2.89. The maximum Gasteiger partial charge on any atom is 0.224 e. The summed E-state index contributed by atoms with van der Waals surface area (Å²) >= 11 is 0. The lowest BCUT2D eigenvalue weighted by Gasteiger charge is -2.11. The predicted octanol–water partition coefficient (Wildman–Crippen LogP) is 1.12. The quantitative estimate of drug-likeness (QED) is 0.750. The largest absolute Gasteiger partial charge is 0.369 e. The summed E-state index contributed by atoms with van der Waals surface area (Å²) in [5.41, 5.74) is 12.8. The van der Waals surface area contributed by atoms with Gasteiger partial charge in [0.2, 0.25) is 5.91 Å². The number of primary amides is 1. The van der Waals surface area contributed by atoms with Crippen LogP contribution in [0.4, 0.5) is 0 Å². The summed E-state index contributed by atoms with van der Waals surface area (Å²) < 4.78 is 0. The fourth-order valence-electron chi connectivity index (χ4n) is 1.49. The lowest BCUT2D eigenvalue weighted by atomic mass is 9.95. The highest BCUT2D eigenvalue weighted by Gasteiger charge is 2.14. The Morgan fingerprint density at radius 2 is 1.93 bits per heavy atom. The molecule has 0 aromatic heterocycles. The van der Waals surface area contributed by atoms with E-state index < -0.39 is 0 Å². The molecule has 0 saturated heterocycles. The second-order valence-electron chi connectivity index (χ2n) is 3.31. The number of rotatable bonds is 4. The number of carbonyl (C=O) groups excluding carboxylic acids is 1. The topological polar surface area (TPSA) is 69.1 Å². The highest BCUT2D eigenvalue weighted by Crippen LogP contribution is 2.19. The van der Waals surface area contributed by atoms with Crippen molar-refractivity contribution in [1.82, 2.24) is 0 Å². The smallest absolute Gasteiger partial charge is 0.224 e. The summed E-state index contributed by atoms with van der Waals surface area (Å²) in [5.74, 6) is -0.449. The van der Waals surface area contributed by atoms with E-state index in [1.807, 2.05) is 31.2 Å². The van der Waals surface area contributed by atoms with E-state index in [4.69, 9.17) is 11.5 Å². The van der Waals surface area contributed by atoms with E-state index in [0.717, 1.165) is 17.5 Å². The van der Waals surface area contributed by atoms with E-state index in [2.05, 4.69) is 0 Å². The third-order valence-electron chi connectivity index (χ3n) is 2.37. The molecule has 3 heteroatoms. The van der Waals surface area contributed by atoms with Gasteiger partial charge in [-0.25, -0.2) is 0 Å². The fraction of sp³-hybridized carbons (Fsp3) is 0.364. The Labute approximate surface area is 84.1 Å². The van der Waals surface area contributed by atoms with Crippen LogP contribution in [-0.4, -0.2) is 5.91 Å². The second kappa shape index (κ2) is 4.77. The SMILES string of the molecule is CCC(C(N)=O)c1ccc(CN)cc1. The van der Waals surface area contributed by atoms with E-state index >= 15 is 0 Å². The standard InChI is InChI=1S/C11H16N2O/c1-2-10(11(13)14)9-5-3-8(7-12)4-6-9/h3-6,10H,2,7,12H2,1H3,(H2,13,14). The Kier molecular flexibility index (Phi) is 3.65. The summed E-state index contributed by atoms with van der Waals surface area (Å²) in [6.07, 6.45) is 0.733. The zero-order chi connectivity index (χ0) is 10.6. The summed E-state index contributed by atoms with van der Waals surface area (Å²) in [7, 11) is 0. The molecule has 1 atom stereocenters. The second-order valence-corrected chi connectivity index (χ2v) is 3.31. The molecule has 0 heterocycles. The average molecular weight is 192 g/mol. The van der Waals surface area contributed by atoms with E-state index in [0.29, 0.717) is 6.54 Å². The van der Waals surface area contributed by atoms with Crippen molar-refractivity contribution >= 4 is 5.91 Å². The zero-order valence-corrected chi connectivity index (χ0v) is 8.36. The van der Waals surface area contributed by atoms with Gasteiger partial charge >= 0.3 is 0 Å². The predicted molar refractivity (Wildman–Crippen MR) is 56.6 cm³/mol. The van der Waals surface area contributed by atoms with Gasteiger partial charge in [-0.15, -0.1) is 0 Å². The normalized spacial score (nSPS) is 12.4. The molecule has 3 nitrogen and oxygen atoms in total. The number of amides is 1. The van der Waals surface area contributed by atoms with Gasteiger partial charge < -0.3 is 11.5 Å². The summed E-state index contributed by atoms with van der Waals surface area (Å²) in [5, 5.41) is 0. The molecule has 1 aromatic carbocycles. The molecule has 4 N–H and O–H groups in total. The lowest BCUT2D eigenvalue weighted by molar-refractivity contribution is -0.119. The van der Waals surface area contributed by atoms with Crippen molar-refractivity contribution in [2.24, 2.45) is 11.5 Å². The number of hydrogen-bond donors (Lipinski definition) is 2. The molecule has 0 saturated carbocycles. The lowest BCUT2D eigenvalue weighted by Crippen LogP contribution is -2.20. The van der Waals surface area contributed by atoms with Gasteiger partial charge in [0.25, 0.3) is 0 Å². The molecule has 1 aromatic rings. The van der Waals surface area contributed by atoms with Crippen molar-refractivity contribution in [3.05, 3.63) is 35.4 Å². The molecule has 0 aliphatic rings. The van der Waals surface area contributed by atoms with Crippen LogP contribution in [0.1, 0.15) is 30.4 Å². The van der Waals surface area contributed by atoms with E-state index in [1.54, 1.807) is 0 Å². The minimum atomic E-state index is -0.270. The van der Waals surface area contributed by atoms with Gasteiger partial charge in [-0.1, -0.05) is 31.2 Å². The molecular weight excluding hydrogens is 176 g/mol. The first-order valence-electron chi connectivity index (χ1n) is 4.77. The van der Waals surface area contributed by atoms with Gasteiger partial charge in [-0.05, 0) is 17.5 Å². The molecule has 0 fully saturated rings. The number of hydrogen-bond acceptors (Lipinski definition) is 2. The van der Waals surface area contributed by atoms with Crippen molar-refractivity contribution < 1.29 is 4.79 Å². The highest BCUT2D eigenvalue weighted by atomic mass is 16.1. The molecule has 0 radical (unpaired) electrons. The van der Waals surface area contributed by atoms with Crippen LogP contribution < -0.4 is 11.5 Å². The zero-order valence-electron chi connectivity index (χ0n) is 8.36. The molecule has 1 amide bonds. The average Bonchev–Trinajstić information content (AvgIpc) is 2.19. The molecule has 14 heavy (non-hydrogen) atoms. The van der Waals surface area contributed by atoms with E-state index in [-0.39, 0.29) is 11.8 Å². The number of benzene rings is 1. The van der Waals surface area contributed by atoms with Crippen LogP contribution in [0.5, 0.6) is 0 Å². The minimum absolute atomic E-state index is 0.179. The number of nitrogens with two attached hydrogens (primary N) is 2. The van der Waals surface area contributed by atoms with Crippen molar-refractivity contribution in [3.63, 3.8) is 0 Å². The Morgan fingerprint density at radius 1 is 1.36 bits per heavy atom. The first kappa shape index (κ1) is 10.7. The Morgan fingerprint density at radius 3 is 2.29 bits per heavy atom. The monoisotopic (exact) mass is 192 g/mol. The van der Waals surface area contributed by atoms with Crippen molar-refractivity contribution in [3.8, 4) is 0 Å². The van der Waals surface area contributed by atoms with Crippen molar-refractivity contribution in [1.29, 1.82) is 0 Å². The molecule has 0 aliphatic heterocycles. The first-order valence-corrected chi connectivity index (χ1v) is 4.77. The third kappa shape index (κ3) is 2.33. The molecule has 1 unspecified atom stereocenters. The van der Waals surface area contributed by atoms with Gasteiger partial charge in [-0.2, -0.15) is 0 Å². The maximum atomic E-state index is 11.1. The molecule has 76 valence electrons. The highest BCUT2D eigenvalue weighted by molar-refractivity contribution is 5.81. The fourth-order valence-corrected chi connectivity index (χ4v) is 1.49. The van der Waals surface area contributed by atoms with Gasteiger partial charge in [0.1, 0.15) is 0 Å². The van der Waals surface area contributed by atoms with Crippen LogP contribution >= 0.6 is 0 Å². The maximum absolute atomic E-state index is 11.1. The van der Waals surface area contributed by atoms with Crippen LogP contribution in [0.3, 0.4) is 0 Å². The van der Waals surface area contributed by atoms with Crippen molar-refractivity contribution in [2.45, 2.75) is 25.8 Å². The first-order chi connectivity index (χ1) is 6.69. The number of carbonyl (C=O) groups is 1. The molecular formula is C11H16N2O. The molecule has 0 bridgehead atoms. The van der Waals surface area contributed by atoms with Crippen LogP contribution in [0.2, 0.25) is 0 Å². The molecule has 0 aliphatic carbocycles. The minimum Gasteiger partial charge on any atom is -0.369 e.